The number of ether oxygens (including phenoxy) is 1. The van der Waals surface area contributed by atoms with Crippen LogP contribution in [0.4, 0.5) is 0 Å². The average molecular weight is 177 g/mol. The molecule has 0 saturated carbocycles. The summed E-state index contributed by atoms with van der Waals surface area (Å²) in [5.74, 6) is 1.00. The van der Waals surface area contributed by atoms with E-state index in [2.05, 4.69) is 20.2 Å². The molecule has 0 bridgehead atoms. The Balaban J connectivity index is 2.41. The van der Waals surface area contributed by atoms with E-state index in [1.54, 1.807) is 23.9 Å². The van der Waals surface area contributed by atoms with Gasteiger partial charge in [-0.15, -0.1) is 10.2 Å². The minimum atomic E-state index is 0.490. The molecule has 0 radical (unpaired) electrons. The van der Waals surface area contributed by atoms with E-state index >= 15 is 0 Å². The maximum absolute atomic E-state index is 4.95. The maximum atomic E-state index is 4.95. The van der Waals surface area contributed by atoms with Gasteiger partial charge < -0.3 is 4.74 Å². The Morgan fingerprint density at radius 2 is 2.08 bits per heavy atom. The fourth-order valence-electron chi connectivity index (χ4n) is 0.874. The molecule has 0 spiro atoms. The number of hydrogen-bond donors (Lipinski definition) is 0. The van der Waals surface area contributed by atoms with Crippen LogP contribution in [0.5, 0.6) is 5.88 Å². The highest BCUT2D eigenvalue weighted by Crippen LogP contribution is 2.06. The molecule has 0 atom stereocenters. The molecule has 2 rings (SSSR count). The monoisotopic (exact) mass is 177 g/mol. The van der Waals surface area contributed by atoms with Crippen LogP contribution in [0.25, 0.3) is 5.95 Å². The van der Waals surface area contributed by atoms with Crippen LogP contribution in [0.3, 0.4) is 0 Å². The van der Waals surface area contributed by atoms with Crippen molar-refractivity contribution in [2.75, 3.05) is 7.11 Å². The molecule has 2 aromatic rings. The molecule has 6 nitrogen and oxygen atoms in total. The van der Waals surface area contributed by atoms with Crippen LogP contribution in [0.2, 0.25) is 0 Å². The first-order valence-corrected chi connectivity index (χ1v) is 3.62. The molecule has 2 heterocycles. The SMILES string of the molecule is COc1ccnc(-n2cnnc2)n1. The Kier molecular flexibility index (Phi) is 1.87. The molecule has 0 aromatic carbocycles. The van der Waals surface area contributed by atoms with Crippen molar-refractivity contribution in [1.82, 2.24) is 24.7 Å². The van der Waals surface area contributed by atoms with Gasteiger partial charge in [-0.1, -0.05) is 0 Å². The van der Waals surface area contributed by atoms with Gasteiger partial charge in [-0.25, -0.2) is 4.98 Å². The second-order valence-electron chi connectivity index (χ2n) is 2.27. The Bertz CT molecular complexity index is 386. The van der Waals surface area contributed by atoms with Gasteiger partial charge in [-0.2, -0.15) is 4.98 Å². The summed E-state index contributed by atoms with van der Waals surface area (Å²) in [6.45, 7) is 0. The first kappa shape index (κ1) is 7.66. The zero-order valence-electron chi connectivity index (χ0n) is 6.95. The van der Waals surface area contributed by atoms with Gasteiger partial charge in [-0.3, -0.25) is 4.57 Å². The minimum absolute atomic E-state index is 0.490. The highest BCUT2D eigenvalue weighted by atomic mass is 16.5. The predicted octanol–water partition coefficient (Wildman–Crippen LogP) is 0.0659. The van der Waals surface area contributed by atoms with Crippen molar-refractivity contribution in [1.29, 1.82) is 0 Å². The first-order chi connectivity index (χ1) is 6.40. The van der Waals surface area contributed by atoms with Crippen molar-refractivity contribution in [3.8, 4) is 11.8 Å². The third kappa shape index (κ3) is 1.46. The normalized spacial score (nSPS) is 9.92. The molecular weight excluding hydrogens is 170 g/mol. The number of hydrogen-bond acceptors (Lipinski definition) is 5. The zero-order valence-corrected chi connectivity index (χ0v) is 6.95. The summed E-state index contributed by atoms with van der Waals surface area (Å²) in [5.41, 5.74) is 0. The van der Waals surface area contributed by atoms with Crippen LogP contribution in [0, 0.1) is 0 Å². The Morgan fingerprint density at radius 1 is 1.31 bits per heavy atom. The summed E-state index contributed by atoms with van der Waals surface area (Å²) in [7, 11) is 1.55. The third-order valence-electron chi connectivity index (χ3n) is 1.48. The molecule has 66 valence electrons. The lowest BCUT2D eigenvalue weighted by atomic mass is 10.6. The summed E-state index contributed by atoms with van der Waals surface area (Å²) in [4.78, 5) is 8.10. The third-order valence-corrected chi connectivity index (χ3v) is 1.48. The fraction of sp³-hybridized carbons (Fsp3) is 0.143. The van der Waals surface area contributed by atoms with E-state index in [9.17, 15) is 0 Å². The van der Waals surface area contributed by atoms with Gasteiger partial charge in [0.25, 0.3) is 0 Å². The standard InChI is InChI=1S/C7H7N5O/c1-13-6-2-3-8-7(11-6)12-4-9-10-5-12/h2-5H,1H3. The van der Waals surface area contributed by atoms with Gasteiger partial charge in [0.05, 0.1) is 7.11 Å². The topological polar surface area (TPSA) is 65.7 Å². The van der Waals surface area contributed by atoms with Gasteiger partial charge in [0.2, 0.25) is 11.8 Å². The van der Waals surface area contributed by atoms with Crippen molar-refractivity contribution in [2.24, 2.45) is 0 Å². The van der Waals surface area contributed by atoms with Crippen LogP contribution in [0.15, 0.2) is 24.9 Å². The number of nitrogens with zero attached hydrogens (tertiary/aromatic N) is 5. The van der Waals surface area contributed by atoms with E-state index in [0.29, 0.717) is 11.8 Å². The molecule has 0 saturated heterocycles. The molecule has 0 aliphatic rings. The average Bonchev–Trinajstić information content (AvgIpc) is 2.71. The summed E-state index contributed by atoms with van der Waals surface area (Å²) < 4.78 is 6.55. The van der Waals surface area contributed by atoms with Crippen molar-refractivity contribution < 1.29 is 4.74 Å². The van der Waals surface area contributed by atoms with Crippen molar-refractivity contribution in [2.45, 2.75) is 0 Å². The highest BCUT2D eigenvalue weighted by molar-refractivity contribution is 5.16. The molecule has 0 fully saturated rings. The summed E-state index contributed by atoms with van der Waals surface area (Å²) in [6, 6.07) is 1.67. The molecule has 0 N–H and O–H groups in total. The summed E-state index contributed by atoms with van der Waals surface area (Å²) >= 11 is 0. The first-order valence-electron chi connectivity index (χ1n) is 3.62. The molecule has 6 heteroatoms. The van der Waals surface area contributed by atoms with E-state index in [1.807, 2.05) is 0 Å². The molecule has 0 amide bonds. The lowest BCUT2D eigenvalue weighted by molar-refractivity contribution is 0.396. The van der Waals surface area contributed by atoms with Gasteiger partial charge in [0, 0.05) is 12.3 Å². The van der Waals surface area contributed by atoms with Crippen LogP contribution >= 0.6 is 0 Å². The van der Waals surface area contributed by atoms with Gasteiger partial charge in [0.15, 0.2) is 0 Å². The zero-order chi connectivity index (χ0) is 9.10. The lowest BCUT2D eigenvalue weighted by Gasteiger charge is -2.00. The van der Waals surface area contributed by atoms with Crippen LogP contribution < -0.4 is 4.74 Å². The van der Waals surface area contributed by atoms with Crippen molar-refractivity contribution in [3.05, 3.63) is 24.9 Å². The number of aromatic nitrogens is 5. The van der Waals surface area contributed by atoms with E-state index in [1.165, 1.54) is 12.7 Å². The summed E-state index contributed by atoms with van der Waals surface area (Å²) in [5, 5.41) is 7.29. The second kappa shape index (κ2) is 3.18. The Morgan fingerprint density at radius 3 is 2.77 bits per heavy atom. The fourth-order valence-corrected chi connectivity index (χ4v) is 0.874. The van der Waals surface area contributed by atoms with Crippen LogP contribution in [0.1, 0.15) is 0 Å². The minimum Gasteiger partial charge on any atom is -0.481 e. The molecule has 2 aromatic heterocycles. The van der Waals surface area contributed by atoms with E-state index in [4.69, 9.17) is 4.74 Å². The van der Waals surface area contributed by atoms with E-state index in [0.717, 1.165) is 0 Å². The van der Waals surface area contributed by atoms with E-state index in [-0.39, 0.29) is 0 Å². The van der Waals surface area contributed by atoms with E-state index < -0.39 is 0 Å². The molecule has 13 heavy (non-hydrogen) atoms. The molecular formula is C7H7N5O. The molecule has 0 aliphatic heterocycles. The smallest absolute Gasteiger partial charge is 0.239 e. The number of rotatable bonds is 2. The second-order valence-corrected chi connectivity index (χ2v) is 2.27. The largest absolute Gasteiger partial charge is 0.481 e. The van der Waals surface area contributed by atoms with Gasteiger partial charge in [0.1, 0.15) is 12.7 Å². The molecule has 0 aliphatic carbocycles. The van der Waals surface area contributed by atoms with Crippen molar-refractivity contribution >= 4 is 0 Å². The Hall–Kier alpha value is -1.98. The highest BCUT2D eigenvalue weighted by Gasteiger charge is 2.00. The predicted molar refractivity (Wildman–Crippen MR) is 43.5 cm³/mol. The quantitative estimate of drug-likeness (QED) is 0.649. The summed E-state index contributed by atoms with van der Waals surface area (Å²) in [6.07, 6.45) is 4.66. The molecule has 0 unspecified atom stereocenters. The maximum Gasteiger partial charge on any atom is 0.239 e. The van der Waals surface area contributed by atoms with Crippen LogP contribution in [-0.4, -0.2) is 31.8 Å². The van der Waals surface area contributed by atoms with Crippen LogP contribution in [-0.2, 0) is 0 Å². The lowest BCUT2D eigenvalue weighted by Crippen LogP contribution is -1.99. The van der Waals surface area contributed by atoms with Gasteiger partial charge in [-0.05, 0) is 0 Å². The number of methoxy groups -OCH3 is 1. The Labute approximate surface area is 74.2 Å². The van der Waals surface area contributed by atoms with Gasteiger partial charge >= 0.3 is 0 Å². The van der Waals surface area contributed by atoms with Crippen molar-refractivity contribution in [3.63, 3.8) is 0 Å².